The molecule has 0 spiro atoms. The lowest BCUT2D eigenvalue weighted by Crippen LogP contribution is -2.39. The van der Waals surface area contributed by atoms with E-state index in [2.05, 4.69) is 4.98 Å². The average molecular weight is 262 g/mol. The summed E-state index contributed by atoms with van der Waals surface area (Å²) < 4.78 is 4.97. The van der Waals surface area contributed by atoms with Crippen LogP contribution >= 0.6 is 0 Å². The fourth-order valence-corrected chi connectivity index (χ4v) is 2.34. The van der Waals surface area contributed by atoms with Gasteiger partial charge in [-0.15, -0.1) is 0 Å². The first-order valence-corrected chi connectivity index (χ1v) is 6.41. The molecule has 2 heterocycles. The zero-order valence-electron chi connectivity index (χ0n) is 11.3. The summed E-state index contributed by atoms with van der Waals surface area (Å²) in [4.78, 5) is 29.4. The van der Waals surface area contributed by atoms with Gasteiger partial charge in [-0.3, -0.25) is 9.59 Å². The zero-order chi connectivity index (χ0) is 13.8. The molecule has 5 heteroatoms. The highest BCUT2D eigenvalue weighted by Gasteiger charge is 2.26. The van der Waals surface area contributed by atoms with Crippen LogP contribution in [0.4, 0.5) is 0 Å². The molecule has 5 nitrogen and oxygen atoms in total. The molecule has 0 radical (unpaired) electrons. The van der Waals surface area contributed by atoms with Crippen molar-refractivity contribution in [3.63, 3.8) is 0 Å². The maximum absolute atomic E-state index is 12.3. The number of amides is 1. The molecule has 0 unspecified atom stereocenters. The van der Waals surface area contributed by atoms with Gasteiger partial charge in [-0.1, -0.05) is 0 Å². The molecule has 19 heavy (non-hydrogen) atoms. The van der Waals surface area contributed by atoms with Crippen molar-refractivity contribution in [2.75, 3.05) is 20.2 Å². The maximum Gasteiger partial charge on any atom is 0.219 e. The third-order valence-corrected chi connectivity index (χ3v) is 3.54. The lowest BCUT2D eigenvalue weighted by atomic mass is 9.89. The van der Waals surface area contributed by atoms with E-state index in [1.165, 1.54) is 0 Å². The van der Waals surface area contributed by atoms with Crippen molar-refractivity contribution < 1.29 is 14.3 Å². The van der Waals surface area contributed by atoms with Crippen LogP contribution in [0.25, 0.3) is 0 Å². The molecule has 1 aromatic heterocycles. The van der Waals surface area contributed by atoms with Crippen LogP contribution in [0.2, 0.25) is 0 Å². The van der Waals surface area contributed by atoms with Crippen LogP contribution in [0.5, 0.6) is 5.88 Å². The van der Waals surface area contributed by atoms with E-state index in [1.807, 2.05) is 0 Å². The fourth-order valence-electron chi connectivity index (χ4n) is 2.34. The number of nitrogens with zero attached hydrogens (tertiary/aromatic N) is 2. The van der Waals surface area contributed by atoms with Crippen molar-refractivity contribution in [3.05, 3.63) is 23.9 Å². The van der Waals surface area contributed by atoms with E-state index in [0.29, 0.717) is 24.5 Å². The van der Waals surface area contributed by atoms with E-state index in [1.54, 1.807) is 37.3 Å². The Morgan fingerprint density at radius 3 is 2.47 bits per heavy atom. The van der Waals surface area contributed by atoms with E-state index in [0.717, 1.165) is 12.8 Å². The minimum atomic E-state index is -0.00852. The number of methoxy groups -OCH3 is 1. The number of carbonyl (C=O) groups excluding carboxylic acids is 2. The maximum atomic E-state index is 12.3. The van der Waals surface area contributed by atoms with Crippen LogP contribution in [0.3, 0.4) is 0 Å². The number of likely N-dealkylation sites (tertiary alicyclic amines) is 1. The minimum absolute atomic E-state index is 0.00852. The number of rotatable bonds is 3. The largest absolute Gasteiger partial charge is 0.481 e. The highest BCUT2D eigenvalue weighted by Crippen LogP contribution is 2.22. The van der Waals surface area contributed by atoms with Crippen LogP contribution in [0, 0.1) is 5.92 Å². The molecule has 0 atom stereocenters. The van der Waals surface area contributed by atoms with Gasteiger partial charge in [-0.2, -0.15) is 0 Å². The molecule has 1 aliphatic rings. The van der Waals surface area contributed by atoms with Crippen LogP contribution in [0.15, 0.2) is 18.3 Å². The highest BCUT2D eigenvalue weighted by atomic mass is 16.5. The molecular formula is C14H18N2O3. The highest BCUT2D eigenvalue weighted by molar-refractivity contribution is 5.97. The molecule has 1 fully saturated rings. The summed E-state index contributed by atoms with van der Waals surface area (Å²) in [6, 6.07) is 3.43. The monoisotopic (exact) mass is 262 g/mol. The fraction of sp³-hybridized carbons (Fsp3) is 0.500. The zero-order valence-corrected chi connectivity index (χ0v) is 11.3. The average Bonchev–Trinajstić information content (AvgIpc) is 2.46. The van der Waals surface area contributed by atoms with Crippen molar-refractivity contribution >= 4 is 11.7 Å². The molecule has 1 amide bonds. The van der Waals surface area contributed by atoms with Crippen LogP contribution in [-0.2, 0) is 4.79 Å². The molecule has 1 aromatic rings. The lowest BCUT2D eigenvalue weighted by Gasteiger charge is -2.30. The predicted octanol–water partition coefficient (Wildman–Crippen LogP) is 1.53. The topological polar surface area (TPSA) is 59.5 Å². The predicted molar refractivity (Wildman–Crippen MR) is 70.1 cm³/mol. The third kappa shape index (κ3) is 3.10. The summed E-state index contributed by atoms with van der Waals surface area (Å²) in [5.41, 5.74) is 0.613. The van der Waals surface area contributed by atoms with Gasteiger partial charge in [0.1, 0.15) is 0 Å². The van der Waals surface area contributed by atoms with E-state index in [-0.39, 0.29) is 17.6 Å². The third-order valence-electron chi connectivity index (χ3n) is 3.54. The number of carbonyl (C=O) groups is 2. The molecule has 0 aliphatic carbocycles. The van der Waals surface area contributed by atoms with Gasteiger partial charge in [-0.05, 0) is 18.9 Å². The Labute approximate surface area is 112 Å². The SMILES string of the molecule is COc1ccc(C(=O)C2CCN(C(C)=O)CC2)cn1. The molecule has 1 saturated heterocycles. The van der Waals surface area contributed by atoms with Gasteiger partial charge in [0.2, 0.25) is 11.8 Å². The Hall–Kier alpha value is -1.91. The Morgan fingerprint density at radius 2 is 2.00 bits per heavy atom. The van der Waals surface area contributed by atoms with Gasteiger partial charge < -0.3 is 9.64 Å². The van der Waals surface area contributed by atoms with Gasteiger partial charge >= 0.3 is 0 Å². The number of ether oxygens (including phenoxy) is 1. The van der Waals surface area contributed by atoms with Crippen LogP contribution < -0.4 is 4.74 Å². The molecule has 1 aliphatic heterocycles. The van der Waals surface area contributed by atoms with Crippen LogP contribution in [0.1, 0.15) is 30.1 Å². The standard InChI is InChI=1S/C14H18N2O3/c1-10(17)16-7-5-11(6-8-16)14(18)12-3-4-13(19-2)15-9-12/h3-4,9,11H,5-8H2,1-2H3. The van der Waals surface area contributed by atoms with Crippen molar-refractivity contribution in [3.8, 4) is 5.88 Å². The summed E-state index contributed by atoms with van der Waals surface area (Å²) in [5.74, 6) is 0.684. The molecule has 0 aromatic carbocycles. The number of hydrogen-bond donors (Lipinski definition) is 0. The number of aromatic nitrogens is 1. The number of ketones is 1. The summed E-state index contributed by atoms with van der Waals surface area (Å²) in [7, 11) is 1.54. The first-order chi connectivity index (χ1) is 9.11. The second-order valence-corrected chi connectivity index (χ2v) is 4.73. The molecule has 0 saturated carbocycles. The first-order valence-electron chi connectivity index (χ1n) is 6.41. The van der Waals surface area contributed by atoms with Crippen molar-refractivity contribution in [2.24, 2.45) is 5.92 Å². The Balaban J connectivity index is 1.98. The Bertz CT molecular complexity index is 462. The number of hydrogen-bond acceptors (Lipinski definition) is 4. The molecule has 0 N–H and O–H groups in total. The normalized spacial score (nSPS) is 16.2. The van der Waals surface area contributed by atoms with Crippen molar-refractivity contribution in [1.82, 2.24) is 9.88 Å². The summed E-state index contributed by atoms with van der Waals surface area (Å²) in [6.07, 6.45) is 3.01. The van der Waals surface area contributed by atoms with Crippen LogP contribution in [-0.4, -0.2) is 41.8 Å². The number of Topliss-reactive ketones (excluding diaryl/α,β-unsaturated/α-hetero) is 1. The van der Waals surface area contributed by atoms with E-state index in [9.17, 15) is 9.59 Å². The summed E-state index contributed by atoms with van der Waals surface area (Å²) in [6.45, 7) is 2.89. The number of pyridine rings is 1. The molecule has 102 valence electrons. The van der Waals surface area contributed by atoms with E-state index >= 15 is 0 Å². The van der Waals surface area contributed by atoms with E-state index < -0.39 is 0 Å². The van der Waals surface area contributed by atoms with Gasteiger partial charge in [-0.25, -0.2) is 4.98 Å². The summed E-state index contributed by atoms with van der Waals surface area (Å²) >= 11 is 0. The molecule has 0 bridgehead atoms. The smallest absolute Gasteiger partial charge is 0.219 e. The van der Waals surface area contributed by atoms with Gasteiger partial charge in [0.25, 0.3) is 0 Å². The first kappa shape index (κ1) is 13.5. The van der Waals surface area contributed by atoms with Gasteiger partial charge in [0.05, 0.1) is 7.11 Å². The van der Waals surface area contributed by atoms with Gasteiger partial charge in [0.15, 0.2) is 5.78 Å². The second kappa shape index (κ2) is 5.82. The Kier molecular flexibility index (Phi) is 4.14. The summed E-state index contributed by atoms with van der Waals surface area (Å²) in [5, 5.41) is 0. The minimum Gasteiger partial charge on any atom is -0.481 e. The second-order valence-electron chi connectivity index (χ2n) is 4.73. The molecule has 2 rings (SSSR count). The quantitative estimate of drug-likeness (QED) is 0.775. The van der Waals surface area contributed by atoms with Gasteiger partial charge in [0, 0.05) is 43.8 Å². The lowest BCUT2D eigenvalue weighted by molar-refractivity contribution is -0.130. The van der Waals surface area contributed by atoms with E-state index in [4.69, 9.17) is 4.74 Å². The van der Waals surface area contributed by atoms with Crippen molar-refractivity contribution in [1.29, 1.82) is 0 Å². The number of piperidine rings is 1. The van der Waals surface area contributed by atoms with Crippen molar-refractivity contribution in [2.45, 2.75) is 19.8 Å². The Morgan fingerprint density at radius 1 is 1.32 bits per heavy atom. The molecular weight excluding hydrogens is 244 g/mol.